The molecule has 1 N–H and O–H groups in total. The minimum atomic E-state index is -0.529. The summed E-state index contributed by atoms with van der Waals surface area (Å²) in [6.07, 6.45) is 5.26. The van der Waals surface area contributed by atoms with Crippen LogP contribution in [0.2, 0.25) is 0 Å². The molecule has 1 aliphatic rings. The molecule has 0 aromatic carbocycles. The Hall–Kier alpha value is 0.140. The van der Waals surface area contributed by atoms with Gasteiger partial charge in [0.2, 0.25) is 0 Å². The minimum absolute atomic E-state index is 0.0364. The van der Waals surface area contributed by atoms with Crippen molar-refractivity contribution in [3.05, 3.63) is 20.8 Å². The maximum absolute atomic E-state index is 10.9. The van der Waals surface area contributed by atoms with Crippen molar-refractivity contribution in [2.75, 3.05) is 0 Å². The summed E-state index contributed by atoms with van der Waals surface area (Å²) < 4.78 is 1.15. The Labute approximate surface area is 110 Å². The highest BCUT2D eigenvalue weighted by Gasteiger charge is 2.45. The molecule has 3 heteroatoms. The fourth-order valence-corrected chi connectivity index (χ4v) is 4.20. The first kappa shape index (κ1) is 12.6. The highest BCUT2D eigenvalue weighted by molar-refractivity contribution is 9.10. The van der Waals surface area contributed by atoms with Crippen LogP contribution in [0, 0.1) is 5.41 Å². The van der Waals surface area contributed by atoms with Gasteiger partial charge in [-0.25, -0.2) is 0 Å². The number of hydrogen-bond donors (Lipinski definition) is 1. The van der Waals surface area contributed by atoms with Gasteiger partial charge in [0.25, 0.3) is 0 Å². The minimum Gasteiger partial charge on any atom is -0.389 e. The van der Waals surface area contributed by atoms with Crippen molar-refractivity contribution in [3.63, 3.8) is 0 Å². The van der Waals surface area contributed by atoms with E-state index in [-0.39, 0.29) is 5.41 Å². The van der Waals surface area contributed by atoms with Crippen molar-refractivity contribution < 1.29 is 5.11 Å². The molecule has 0 aliphatic heterocycles. The molecule has 0 radical (unpaired) electrons. The Morgan fingerprint density at radius 3 is 2.62 bits per heavy atom. The quantitative estimate of drug-likeness (QED) is 0.859. The lowest BCUT2D eigenvalue weighted by atomic mass is 9.64. The topological polar surface area (TPSA) is 20.2 Å². The SMILES string of the molecule is CC1(C)CCCCC1(O)Cc1sccc1Br. The molecule has 1 heterocycles. The Morgan fingerprint density at radius 2 is 2.06 bits per heavy atom. The number of thiophene rings is 1. The number of rotatable bonds is 2. The van der Waals surface area contributed by atoms with Gasteiger partial charge in [0.1, 0.15) is 0 Å². The van der Waals surface area contributed by atoms with E-state index in [1.807, 2.05) is 0 Å². The maximum atomic E-state index is 10.9. The summed E-state index contributed by atoms with van der Waals surface area (Å²) in [5.74, 6) is 0. The molecule has 16 heavy (non-hydrogen) atoms. The summed E-state index contributed by atoms with van der Waals surface area (Å²) >= 11 is 5.29. The van der Waals surface area contributed by atoms with Gasteiger partial charge in [0.05, 0.1) is 5.60 Å². The molecule has 1 aromatic heterocycles. The van der Waals surface area contributed by atoms with Crippen LogP contribution in [0.25, 0.3) is 0 Å². The first-order valence-corrected chi connectivity index (χ1v) is 7.56. The Morgan fingerprint density at radius 1 is 1.38 bits per heavy atom. The molecule has 1 atom stereocenters. The molecule has 0 spiro atoms. The highest BCUT2D eigenvalue weighted by atomic mass is 79.9. The van der Waals surface area contributed by atoms with Crippen LogP contribution in [0.4, 0.5) is 0 Å². The van der Waals surface area contributed by atoms with E-state index in [1.54, 1.807) is 11.3 Å². The summed E-state index contributed by atoms with van der Waals surface area (Å²) in [4.78, 5) is 1.28. The zero-order valence-electron chi connectivity index (χ0n) is 9.92. The number of halogens is 1. The molecule has 2 rings (SSSR count). The van der Waals surface area contributed by atoms with Gasteiger partial charge in [-0.15, -0.1) is 11.3 Å². The van der Waals surface area contributed by atoms with Gasteiger partial charge < -0.3 is 5.11 Å². The second-order valence-corrected chi connectivity index (χ2v) is 7.35. The number of aliphatic hydroxyl groups is 1. The zero-order chi connectivity index (χ0) is 11.8. The van der Waals surface area contributed by atoms with E-state index in [0.29, 0.717) is 0 Å². The van der Waals surface area contributed by atoms with Gasteiger partial charge in [-0.05, 0) is 45.6 Å². The largest absolute Gasteiger partial charge is 0.389 e. The van der Waals surface area contributed by atoms with Gasteiger partial charge in [0.15, 0.2) is 0 Å². The molecule has 0 bridgehead atoms. The second kappa shape index (κ2) is 4.43. The van der Waals surface area contributed by atoms with Crippen molar-refractivity contribution in [1.29, 1.82) is 0 Å². The lowest BCUT2D eigenvalue weighted by molar-refractivity contribution is -0.0954. The van der Waals surface area contributed by atoms with Gasteiger partial charge in [0, 0.05) is 15.8 Å². The molecule has 1 aromatic rings. The van der Waals surface area contributed by atoms with E-state index in [0.717, 1.165) is 30.2 Å². The van der Waals surface area contributed by atoms with Crippen LogP contribution in [0.15, 0.2) is 15.9 Å². The summed E-state index contributed by atoms with van der Waals surface area (Å²) in [5, 5.41) is 13.0. The third-order valence-corrected chi connectivity index (χ3v) is 5.97. The van der Waals surface area contributed by atoms with Crippen molar-refractivity contribution in [3.8, 4) is 0 Å². The van der Waals surface area contributed by atoms with Crippen LogP contribution in [-0.2, 0) is 6.42 Å². The van der Waals surface area contributed by atoms with Gasteiger partial charge in [-0.2, -0.15) is 0 Å². The maximum Gasteiger partial charge on any atom is 0.0746 e. The average molecular weight is 303 g/mol. The lowest BCUT2D eigenvalue weighted by Crippen LogP contribution is -2.48. The first-order chi connectivity index (χ1) is 7.45. The van der Waals surface area contributed by atoms with Crippen LogP contribution in [0.3, 0.4) is 0 Å². The van der Waals surface area contributed by atoms with E-state index in [9.17, 15) is 5.11 Å². The molecule has 90 valence electrons. The molecule has 1 unspecified atom stereocenters. The molecule has 0 saturated heterocycles. The second-order valence-electron chi connectivity index (χ2n) is 5.49. The molecule has 1 saturated carbocycles. The Bertz CT molecular complexity index is 372. The molecule has 0 amide bonds. The molecule has 1 nitrogen and oxygen atoms in total. The van der Waals surface area contributed by atoms with Gasteiger partial charge in [-0.3, -0.25) is 0 Å². The third kappa shape index (κ3) is 2.22. The van der Waals surface area contributed by atoms with E-state index < -0.39 is 5.60 Å². The van der Waals surface area contributed by atoms with E-state index in [4.69, 9.17) is 0 Å². The molecule has 1 fully saturated rings. The molecule has 1 aliphatic carbocycles. The molecular weight excluding hydrogens is 284 g/mol. The van der Waals surface area contributed by atoms with Crippen LogP contribution in [0.1, 0.15) is 44.4 Å². The first-order valence-electron chi connectivity index (χ1n) is 5.89. The number of hydrogen-bond acceptors (Lipinski definition) is 2. The fraction of sp³-hybridized carbons (Fsp3) is 0.692. The lowest BCUT2D eigenvalue weighted by Gasteiger charge is -2.46. The predicted molar refractivity (Wildman–Crippen MR) is 72.9 cm³/mol. The Balaban J connectivity index is 2.21. The predicted octanol–water partition coefficient (Wildman–Crippen LogP) is 4.38. The van der Waals surface area contributed by atoms with Crippen LogP contribution >= 0.6 is 27.3 Å². The zero-order valence-corrected chi connectivity index (χ0v) is 12.3. The summed E-state index contributed by atoms with van der Waals surface area (Å²) in [5.41, 5.74) is -0.493. The highest BCUT2D eigenvalue weighted by Crippen LogP contribution is 2.46. The van der Waals surface area contributed by atoms with Crippen molar-refractivity contribution in [1.82, 2.24) is 0 Å². The summed E-state index contributed by atoms with van der Waals surface area (Å²) in [7, 11) is 0. The summed E-state index contributed by atoms with van der Waals surface area (Å²) in [6, 6.07) is 2.07. The van der Waals surface area contributed by atoms with Gasteiger partial charge in [-0.1, -0.05) is 26.7 Å². The van der Waals surface area contributed by atoms with E-state index >= 15 is 0 Å². The van der Waals surface area contributed by atoms with Crippen LogP contribution in [-0.4, -0.2) is 10.7 Å². The summed E-state index contributed by atoms with van der Waals surface area (Å²) in [6.45, 7) is 4.40. The van der Waals surface area contributed by atoms with Crippen LogP contribution < -0.4 is 0 Å². The van der Waals surface area contributed by atoms with E-state index in [2.05, 4.69) is 41.2 Å². The third-order valence-electron chi connectivity index (χ3n) is 4.05. The van der Waals surface area contributed by atoms with Crippen molar-refractivity contribution in [2.24, 2.45) is 5.41 Å². The monoisotopic (exact) mass is 302 g/mol. The van der Waals surface area contributed by atoms with Crippen LogP contribution in [0.5, 0.6) is 0 Å². The smallest absolute Gasteiger partial charge is 0.0746 e. The normalized spacial score (nSPS) is 29.2. The van der Waals surface area contributed by atoms with E-state index in [1.165, 1.54) is 11.3 Å². The Kier molecular flexibility index (Phi) is 3.49. The molecular formula is C13H19BrOS. The van der Waals surface area contributed by atoms with Crippen molar-refractivity contribution in [2.45, 2.75) is 51.6 Å². The van der Waals surface area contributed by atoms with Crippen molar-refractivity contribution >= 4 is 27.3 Å². The van der Waals surface area contributed by atoms with Gasteiger partial charge >= 0.3 is 0 Å². The fourth-order valence-electron chi connectivity index (χ4n) is 2.60. The average Bonchev–Trinajstić information content (AvgIpc) is 2.58. The standard InChI is InChI=1S/C13H19BrOS/c1-12(2)6-3-4-7-13(12,15)9-11-10(14)5-8-16-11/h5,8,15H,3-4,6-7,9H2,1-2H3.